The molecule has 3 nitrogen and oxygen atoms in total. The lowest BCUT2D eigenvalue weighted by Crippen LogP contribution is -2.05. The lowest BCUT2D eigenvalue weighted by molar-refractivity contribution is -0.116. The summed E-state index contributed by atoms with van der Waals surface area (Å²) in [6.45, 7) is 0.938. The second kappa shape index (κ2) is 9.67. The summed E-state index contributed by atoms with van der Waals surface area (Å²) in [5, 5.41) is 1.18. The Morgan fingerprint density at radius 3 is 2.82 bits per heavy atom. The molecule has 0 saturated carbocycles. The van der Waals surface area contributed by atoms with Crippen molar-refractivity contribution in [1.29, 1.82) is 0 Å². The highest BCUT2D eigenvalue weighted by atomic mass is 32.2. The Morgan fingerprint density at radius 1 is 1.23 bits per heavy atom. The lowest BCUT2D eigenvalue weighted by Gasteiger charge is -2.05. The van der Waals surface area contributed by atoms with Crippen molar-refractivity contribution in [3.63, 3.8) is 0 Å². The number of Topliss-reactive ketones (excluding diaryl/α,β-unsaturated/α-hetero) is 1. The monoisotopic (exact) mass is 319 g/mol. The molecule has 1 aromatic rings. The number of carbonyl (C=O) groups excluding carboxylic acids is 1. The number of hydrogen-bond donors (Lipinski definition) is 0. The van der Waals surface area contributed by atoms with Gasteiger partial charge < -0.3 is 4.74 Å². The Hall–Kier alpha value is -1.29. The van der Waals surface area contributed by atoms with Gasteiger partial charge in [0.15, 0.2) is 0 Å². The van der Waals surface area contributed by atoms with Crippen LogP contribution in [0.1, 0.15) is 44.1 Å². The number of benzene rings is 1. The van der Waals surface area contributed by atoms with Crippen molar-refractivity contribution in [1.82, 2.24) is 0 Å². The van der Waals surface area contributed by atoms with Crippen LogP contribution >= 0.6 is 11.8 Å². The summed E-state index contributed by atoms with van der Waals surface area (Å²) in [6.07, 6.45) is 7.26. The minimum atomic E-state index is 0.338. The van der Waals surface area contributed by atoms with Crippen LogP contribution in [0.15, 0.2) is 29.3 Å². The molecule has 0 N–H and O–H groups in total. The van der Waals surface area contributed by atoms with E-state index in [-0.39, 0.29) is 0 Å². The van der Waals surface area contributed by atoms with Gasteiger partial charge in [0.1, 0.15) is 11.5 Å². The van der Waals surface area contributed by atoms with Gasteiger partial charge in [-0.05, 0) is 49.8 Å². The molecule has 0 aliphatic carbocycles. The number of thioether (sulfide) groups is 1. The zero-order valence-corrected chi connectivity index (χ0v) is 14.2. The fraction of sp³-hybridized carbons (Fsp3) is 0.556. The number of ether oxygens (including phenoxy) is 1. The minimum absolute atomic E-state index is 0.338. The van der Waals surface area contributed by atoms with Crippen molar-refractivity contribution >= 4 is 22.6 Å². The topological polar surface area (TPSA) is 38.7 Å². The minimum Gasteiger partial charge on any atom is -0.497 e. The average molecular weight is 319 g/mol. The largest absolute Gasteiger partial charge is 0.497 e. The van der Waals surface area contributed by atoms with Gasteiger partial charge in [0.25, 0.3) is 0 Å². The number of aryl methyl sites for hydroxylation is 1. The molecule has 1 aromatic carbocycles. The van der Waals surface area contributed by atoms with Crippen molar-refractivity contribution in [2.24, 2.45) is 4.99 Å². The molecule has 0 unspecified atom stereocenters. The molecule has 0 atom stereocenters. The summed E-state index contributed by atoms with van der Waals surface area (Å²) >= 11 is 1.65. The molecule has 0 spiro atoms. The molecular weight excluding hydrogens is 294 g/mol. The van der Waals surface area contributed by atoms with Crippen LogP contribution in [0.2, 0.25) is 0 Å². The molecule has 1 aliphatic heterocycles. The Bertz CT molecular complexity index is 496. The summed E-state index contributed by atoms with van der Waals surface area (Å²) in [6, 6.07) is 8.07. The zero-order chi connectivity index (χ0) is 15.6. The maximum atomic E-state index is 12.0. The summed E-state index contributed by atoms with van der Waals surface area (Å²) < 4.78 is 5.14. The van der Waals surface area contributed by atoms with E-state index in [1.165, 1.54) is 29.9 Å². The van der Waals surface area contributed by atoms with E-state index >= 15 is 0 Å². The fourth-order valence-electron chi connectivity index (χ4n) is 2.48. The van der Waals surface area contributed by atoms with Crippen molar-refractivity contribution in [2.75, 3.05) is 19.4 Å². The normalized spacial score (nSPS) is 15.0. The average Bonchev–Trinajstić information content (AvgIpc) is 2.82. The number of ketones is 1. The molecule has 0 saturated heterocycles. The Balaban J connectivity index is 1.63. The van der Waals surface area contributed by atoms with Crippen LogP contribution in [0, 0.1) is 0 Å². The van der Waals surface area contributed by atoms with Crippen LogP contribution < -0.4 is 4.74 Å². The van der Waals surface area contributed by atoms with Crippen molar-refractivity contribution in [3.8, 4) is 5.75 Å². The van der Waals surface area contributed by atoms with Gasteiger partial charge in [-0.2, -0.15) is 0 Å². The highest BCUT2D eigenvalue weighted by Crippen LogP contribution is 2.17. The number of rotatable bonds is 7. The van der Waals surface area contributed by atoms with Crippen LogP contribution in [0.5, 0.6) is 5.75 Å². The van der Waals surface area contributed by atoms with Crippen LogP contribution in [0.3, 0.4) is 0 Å². The maximum absolute atomic E-state index is 12.0. The van der Waals surface area contributed by atoms with Crippen LogP contribution in [-0.2, 0) is 11.2 Å². The first kappa shape index (κ1) is 17.1. The van der Waals surface area contributed by atoms with Gasteiger partial charge in [0.05, 0.1) is 17.9 Å². The molecule has 0 fully saturated rings. The number of methoxy groups -OCH3 is 1. The van der Waals surface area contributed by atoms with E-state index in [1.807, 2.05) is 12.1 Å². The molecule has 22 heavy (non-hydrogen) atoms. The summed E-state index contributed by atoms with van der Waals surface area (Å²) in [4.78, 5) is 16.5. The summed E-state index contributed by atoms with van der Waals surface area (Å²) in [7, 11) is 1.67. The van der Waals surface area contributed by atoms with Crippen LogP contribution in [0.25, 0.3) is 0 Å². The molecular formula is C18H25NO2S. The van der Waals surface area contributed by atoms with Gasteiger partial charge in [0, 0.05) is 13.0 Å². The Labute approximate surface area is 137 Å². The number of carbonyl (C=O) groups is 1. The number of hydrogen-bond acceptors (Lipinski definition) is 4. The molecule has 0 amide bonds. The smallest absolute Gasteiger partial charge is 0.143 e. The van der Waals surface area contributed by atoms with Crippen molar-refractivity contribution in [3.05, 3.63) is 29.8 Å². The zero-order valence-electron chi connectivity index (χ0n) is 13.3. The highest BCUT2D eigenvalue weighted by molar-refractivity contribution is 8.14. The van der Waals surface area contributed by atoms with E-state index in [9.17, 15) is 4.79 Å². The van der Waals surface area contributed by atoms with E-state index in [0.717, 1.165) is 31.6 Å². The third kappa shape index (κ3) is 6.22. The third-order valence-electron chi connectivity index (χ3n) is 3.82. The quantitative estimate of drug-likeness (QED) is 0.752. The number of aliphatic imine (C=N–C) groups is 1. The van der Waals surface area contributed by atoms with Gasteiger partial charge >= 0.3 is 0 Å². The Morgan fingerprint density at radius 2 is 2.05 bits per heavy atom. The second-order valence-electron chi connectivity index (χ2n) is 5.62. The Kier molecular flexibility index (Phi) is 7.50. The summed E-state index contributed by atoms with van der Waals surface area (Å²) in [5.74, 6) is 1.80. The highest BCUT2D eigenvalue weighted by Gasteiger charge is 2.08. The first-order chi connectivity index (χ1) is 10.8. The molecule has 1 heterocycles. The molecule has 0 aromatic heterocycles. The van der Waals surface area contributed by atoms with E-state index in [1.54, 1.807) is 18.9 Å². The van der Waals surface area contributed by atoms with E-state index in [4.69, 9.17) is 4.74 Å². The predicted octanol–water partition coefficient (Wildman–Crippen LogP) is 4.29. The lowest BCUT2D eigenvalue weighted by atomic mass is 10.1. The second-order valence-corrected chi connectivity index (χ2v) is 6.66. The molecule has 4 heteroatoms. The van der Waals surface area contributed by atoms with E-state index < -0.39 is 0 Å². The predicted molar refractivity (Wildman–Crippen MR) is 94.2 cm³/mol. The SMILES string of the molecule is COc1ccc(CCCC(=O)CSC2=NCCCCC2)cc1. The molecule has 1 aliphatic rings. The van der Waals surface area contributed by atoms with E-state index in [0.29, 0.717) is 18.0 Å². The summed E-state index contributed by atoms with van der Waals surface area (Å²) in [5.41, 5.74) is 1.26. The molecule has 0 radical (unpaired) electrons. The number of nitrogens with zero attached hydrogens (tertiary/aromatic N) is 1. The van der Waals surface area contributed by atoms with Crippen LogP contribution in [-0.4, -0.2) is 30.2 Å². The first-order valence-electron chi connectivity index (χ1n) is 8.08. The van der Waals surface area contributed by atoms with E-state index in [2.05, 4.69) is 17.1 Å². The standard InChI is InChI=1S/C18H25NO2S/c1-21-17-11-9-15(10-12-17)6-5-7-16(20)14-22-18-8-3-2-4-13-19-18/h9-12H,2-8,13-14H2,1H3. The van der Waals surface area contributed by atoms with Gasteiger partial charge in [0.2, 0.25) is 0 Å². The fourth-order valence-corrected chi connectivity index (χ4v) is 3.43. The molecule has 2 rings (SSSR count). The van der Waals surface area contributed by atoms with Crippen LogP contribution in [0.4, 0.5) is 0 Å². The van der Waals surface area contributed by atoms with Gasteiger partial charge in [-0.25, -0.2) is 0 Å². The van der Waals surface area contributed by atoms with Crippen molar-refractivity contribution < 1.29 is 9.53 Å². The maximum Gasteiger partial charge on any atom is 0.143 e. The molecule has 120 valence electrons. The van der Waals surface area contributed by atoms with Crippen molar-refractivity contribution in [2.45, 2.75) is 44.9 Å². The first-order valence-corrected chi connectivity index (χ1v) is 9.07. The van der Waals surface area contributed by atoms with Gasteiger partial charge in [-0.1, -0.05) is 18.6 Å². The van der Waals surface area contributed by atoms with Gasteiger partial charge in [-0.15, -0.1) is 11.8 Å². The van der Waals surface area contributed by atoms with Gasteiger partial charge in [-0.3, -0.25) is 9.79 Å². The molecule has 0 bridgehead atoms. The third-order valence-corrected chi connectivity index (χ3v) is 4.95.